The predicted molar refractivity (Wildman–Crippen MR) is 87.7 cm³/mol. The van der Waals surface area contributed by atoms with Gasteiger partial charge in [0.2, 0.25) is 11.8 Å². The van der Waals surface area contributed by atoms with Gasteiger partial charge in [0, 0.05) is 31.5 Å². The Balaban J connectivity index is 1.62. The first-order valence-corrected chi connectivity index (χ1v) is 8.12. The van der Waals surface area contributed by atoms with Crippen molar-refractivity contribution in [3.63, 3.8) is 0 Å². The van der Waals surface area contributed by atoms with Crippen LogP contribution in [0.25, 0.3) is 0 Å². The Hall–Kier alpha value is -2.57. The summed E-state index contributed by atoms with van der Waals surface area (Å²) in [6.07, 6.45) is 0.656. The summed E-state index contributed by atoms with van der Waals surface area (Å²) in [6, 6.07) is 7.78. The second-order valence-electron chi connectivity index (χ2n) is 6.18. The lowest BCUT2D eigenvalue weighted by Gasteiger charge is -2.23. The molecule has 3 amide bonds. The summed E-state index contributed by atoms with van der Waals surface area (Å²) < 4.78 is 5.26. The van der Waals surface area contributed by atoms with Crippen LogP contribution in [0.15, 0.2) is 24.3 Å². The number of hydrogen-bond donors (Lipinski definition) is 2. The van der Waals surface area contributed by atoms with E-state index in [1.165, 1.54) is 6.92 Å². The minimum Gasteiger partial charge on any atom is -0.442 e. The SMILES string of the molecule is CC(=O)NC[C@H]1CN(c2ccc(C3CCC(=O)NC3)cc2)C(=O)O1. The fourth-order valence-electron chi connectivity index (χ4n) is 3.04. The van der Waals surface area contributed by atoms with Crippen molar-refractivity contribution in [3.8, 4) is 0 Å². The third-order valence-corrected chi connectivity index (χ3v) is 4.39. The van der Waals surface area contributed by atoms with Crippen molar-refractivity contribution in [2.24, 2.45) is 0 Å². The highest BCUT2D eigenvalue weighted by Crippen LogP contribution is 2.27. The van der Waals surface area contributed by atoms with Crippen molar-refractivity contribution >= 4 is 23.6 Å². The number of carbonyl (C=O) groups is 3. The zero-order valence-corrected chi connectivity index (χ0v) is 13.6. The zero-order valence-electron chi connectivity index (χ0n) is 13.6. The summed E-state index contributed by atoms with van der Waals surface area (Å²) in [5.74, 6) is 0.274. The smallest absolute Gasteiger partial charge is 0.414 e. The van der Waals surface area contributed by atoms with Crippen LogP contribution in [0.5, 0.6) is 0 Å². The predicted octanol–water partition coefficient (Wildman–Crippen LogP) is 1.14. The summed E-state index contributed by atoms with van der Waals surface area (Å²) in [5, 5.41) is 5.54. The minimum absolute atomic E-state index is 0.105. The van der Waals surface area contributed by atoms with Crippen molar-refractivity contribution in [2.75, 3.05) is 24.5 Å². The van der Waals surface area contributed by atoms with Gasteiger partial charge in [-0.2, -0.15) is 0 Å². The standard InChI is InChI=1S/C17H21N3O4/c1-11(21)18-9-15-10-20(17(23)24-15)14-5-2-12(3-6-14)13-4-7-16(22)19-8-13/h2-3,5-6,13,15H,4,7-10H2,1H3,(H,18,21)(H,19,22)/t13?,15-/m0/s1. The van der Waals surface area contributed by atoms with E-state index >= 15 is 0 Å². The largest absolute Gasteiger partial charge is 0.442 e. The normalized spacial score (nSPS) is 23.6. The van der Waals surface area contributed by atoms with Crippen LogP contribution in [-0.4, -0.2) is 43.6 Å². The van der Waals surface area contributed by atoms with Crippen molar-refractivity contribution in [1.82, 2.24) is 10.6 Å². The number of ether oxygens (including phenoxy) is 1. The van der Waals surface area contributed by atoms with Crippen LogP contribution < -0.4 is 15.5 Å². The lowest BCUT2D eigenvalue weighted by Crippen LogP contribution is -2.33. The molecule has 2 heterocycles. The van der Waals surface area contributed by atoms with E-state index in [1.807, 2.05) is 24.3 Å². The second-order valence-corrected chi connectivity index (χ2v) is 6.18. The third-order valence-electron chi connectivity index (χ3n) is 4.39. The Labute approximate surface area is 140 Å². The maximum absolute atomic E-state index is 12.0. The number of benzene rings is 1. The molecule has 24 heavy (non-hydrogen) atoms. The van der Waals surface area contributed by atoms with Crippen LogP contribution in [0.2, 0.25) is 0 Å². The highest BCUT2D eigenvalue weighted by molar-refractivity contribution is 5.89. The Kier molecular flexibility index (Phi) is 4.69. The van der Waals surface area contributed by atoms with E-state index < -0.39 is 6.09 Å². The average Bonchev–Trinajstić information content (AvgIpc) is 2.95. The van der Waals surface area contributed by atoms with Gasteiger partial charge in [0.1, 0.15) is 6.10 Å². The van der Waals surface area contributed by atoms with Gasteiger partial charge in [-0.15, -0.1) is 0 Å². The lowest BCUT2D eigenvalue weighted by molar-refractivity contribution is -0.122. The molecule has 128 valence electrons. The number of cyclic esters (lactones) is 1. The number of carbonyl (C=O) groups excluding carboxylic acids is 3. The number of amides is 3. The van der Waals surface area contributed by atoms with E-state index in [2.05, 4.69) is 10.6 Å². The zero-order chi connectivity index (χ0) is 17.1. The fraction of sp³-hybridized carbons (Fsp3) is 0.471. The molecule has 2 N–H and O–H groups in total. The Bertz CT molecular complexity index is 634. The molecular weight excluding hydrogens is 310 g/mol. The molecule has 0 bridgehead atoms. The summed E-state index contributed by atoms with van der Waals surface area (Å²) >= 11 is 0. The molecule has 2 aliphatic heterocycles. The highest BCUT2D eigenvalue weighted by Gasteiger charge is 2.32. The highest BCUT2D eigenvalue weighted by atomic mass is 16.6. The molecular formula is C17H21N3O4. The number of nitrogens with zero attached hydrogens (tertiary/aromatic N) is 1. The molecule has 3 rings (SSSR count). The van der Waals surface area contributed by atoms with Gasteiger partial charge < -0.3 is 15.4 Å². The first kappa shape index (κ1) is 16.3. The minimum atomic E-state index is -0.400. The fourth-order valence-corrected chi connectivity index (χ4v) is 3.04. The molecule has 1 unspecified atom stereocenters. The van der Waals surface area contributed by atoms with Crippen LogP contribution in [0, 0.1) is 0 Å². The van der Waals surface area contributed by atoms with Crippen molar-refractivity contribution in [3.05, 3.63) is 29.8 Å². The summed E-state index contributed by atoms with van der Waals surface area (Å²) in [7, 11) is 0. The van der Waals surface area contributed by atoms with Crippen molar-refractivity contribution < 1.29 is 19.1 Å². The third kappa shape index (κ3) is 3.67. The van der Waals surface area contributed by atoms with Crippen molar-refractivity contribution in [2.45, 2.75) is 31.8 Å². The Morgan fingerprint density at radius 1 is 1.33 bits per heavy atom. The topological polar surface area (TPSA) is 87.7 Å². The summed E-state index contributed by atoms with van der Waals surface area (Å²) in [5.41, 5.74) is 1.93. The molecule has 0 aromatic heterocycles. The molecule has 0 radical (unpaired) electrons. The monoisotopic (exact) mass is 331 g/mol. The van der Waals surface area contributed by atoms with Crippen molar-refractivity contribution in [1.29, 1.82) is 0 Å². The van der Waals surface area contributed by atoms with Crippen LogP contribution in [0.3, 0.4) is 0 Å². The van der Waals surface area contributed by atoms with Crippen LogP contribution in [0.1, 0.15) is 31.2 Å². The van der Waals surface area contributed by atoms with Gasteiger partial charge in [-0.1, -0.05) is 12.1 Å². The van der Waals surface area contributed by atoms with E-state index in [4.69, 9.17) is 4.74 Å². The number of piperidine rings is 1. The Morgan fingerprint density at radius 3 is 2.71 bits per heavy atom. The van der Waals surface area contributed by atoms with E-state index in [-0.39, 0.29) is 17.9 Å². The molecule has 0 aliphatic carbocycles. The number of rotatable bonds is 4. The summed E-state index contributed by atoms with van der Waals surface area (Å²) in [6.45, 7) is 2.82. The molecule has 1 aromatic carbocycles. The van der Waals surface area contributed by atoms with Gasteiger partial charge in [-0.05, 0) is 24.1 Å². The van der Waals surface area contributed by atoms with E-state index in [0.29, 0.717) is 32.0 Å². The van der Waals surface area contributed by atoms with Gasteiger partial charge in [-0.25, -0.2) is 4.79 Å². The first-order chi connectivity index (χ1) is 11.5. The maximum atomic E-state index is 12.0. The number of hydrogen-bond acceptors (Lipinski definition) is 4. The molecule has 2 atom stereocenters. The molecule has 0 spiro atoms. The number of anilines is 1. The maximum Gasteiger partial charge on any atom is 0.414 e. The molecule has 1 aromatic rings. The molecule has 2 aliphatic rings. The molecule has 7 heteroatoms. The quantitative estimate of drug-likeness (QED) is 0.866. The van der Waals surface area contributed by atoms with E-state index in [1.54, 1.807) is 4.90 Å². The van der Waals surface area contributed by atoms with Gasteiger partial charge >= 0.3 is 6.09 Å². The number of nitrogens with one attached hydrogen (secondary N) is 2. The van der Waals surface area contributed by atoms with Crippen LogP contribution in [0.4, 0.5) is 10.5 Å². The average molecular weight is 331 g/mol. The van der Waals surface area contributed by atoms with Gasteiger partial charge in [-0.3, -0.25) is 14.5 Å². The van der Waals surface area contributed by atoms with Gasteiger partial charge in [0.15, 0.2) is 0 Å². The molecule has 0 saturated carbocycles. The summed E-state index contributed by atoms with van der Waals surface area (Å²) in [4.78, 5) is 35.7. The van der Waals surface area contributed by atoms with E-state index in [9.17, 15) is 14.4 Å². The van der Waals surface area contributed by atoms with Crippen LogP contribution in [-0.2, 0) is 14.3 Å². The molecule has 7 nitrogen and oxygen atoms in total. The molecule has 2 saturated heterocycles. The van der Waals surface area contributed by atoms with E-state index in [0.717, 1.165) is 17.7 Å². The van der Waals surface area contributed by atoms with Gasteiger partial charge in [0.25, 0.3) is 0 Å². The Morgan fingerprint density at radius 2 is 2.08 bits per heavy atom. The van der Waals surface area contributed by atoms with Crippen LogP contribution >= 0.6 is 0 Å². The lowest BCUT2D eigenvalue weighted by atomic mass is 9.91. The first-order valence-electron chi connectivity index (χ1n) is 8.12. The molecule has 2 fully saturated rings. The van der Waals surface area contributed by atoms with Gasteiger partial charge in [0.05, 0.1) is 13.1 Å². The second kappa shape index (κ2) is 6.90.